The van der Waals surface area contributed by atoms with E-state index in [-0.39, 0.29) is 12.2 Å². The highest BCUT2D eigenvalue weighted by atomic mass is 16.8. The van der Waals surface area contributed by atoms with E-state index in [0.29, 0.717) is 11.8 Å². The molecule has 0 aliphatic carbocycles. The first-order valence-electron chi connectivity index (χ1n) is 5.19. The molecule has 0 bridgehead atoms. The van der Waals surface area contributed by atoms with Gasteiger partial charge < -0.3 is 9.47 Å². The quantitative estimate of drug-likeness (QED) is 0.660. The van der Waals surface area contributed by atoms with E-state index in [0.717, 1.165) is 0 Å². The molecule has 1 heterocycles. The molecule has 0 saturated carbocycles. The Hall–Kier alpha value is -0.0800. The molecule has 0 aromatic carbocycles. The second kappa shape index (κ2) is 3.58. The van der Waals surface area contributed by atoms with E-state index in [1.165, 1.54) is 0 Å². The van der Waals surface area contributed by atoms with Crippen LogP contribution in [0.4, 0.5) is 0 Å². The number of ether oxygens (including phenoxy) is 2. The molecule has 0 unspecified atom stereocenters. The summed E-state index contributed by atoms with van der Waals surface area (Å²) in [5.41, 5.74) is 0. The lowest BCUT2D eigenvalue weighted by atomic mass is 9.94. The van der Waals surface area contributed by atoms with Crippen molar-refractivity contribution in [2.45, 2.75) is 59.5 Å². The summed E-state index contributed by atoms with van der Waals surface area (Å²) in [6.45, 7) is 12.7. The van der Waals surface area contributed by atoms with Crippen LogP contribution in [0.1, 0.15) is 41.5 Å². The summed E-state index contributed by atoms with van der Waals surface area (Å²) >= 11 is 0. The molecule has 1 aliphatic rings. The second-order valence-corrected chi connectivity index (χ2v) is 5.05. The van der Waals surface area contributed by atoms with E-state index in [9.17, 15) is 0 Å². The Morgan fingerprint density at radius 3 is 1.38 bits per heavy atom. The van der Waals surface area contributed by atoms with Crippen LogP contribution in [0.15, 0.2) is 0 Å². The van der Waals surface area contributed by atoms with E-state index in [2.05, 4.69) is 27.7 Å². The predicted molar refractivity (Wildman–Crippen MR) is 53.5 cm³/mol. The van der Waals surface area contributed by atoms with E-state index in [1.807, 2.05) is 13.8 Å². The average Bonchev–Trinajstić information content (AvgIpc) is 2.26. The third kappa shape index (κ3) is 2.44. The maximum absolute atomic E-state index is 5.86. The molecule has 1 aliphatic heterocycles. The number of rotatable bonds is 2. The van der Waals surface area contributed by atoms with Gasteiger partial charge in [-0.15, -0.1) is 0 Å². The maximum Gasteiger partial charge on any atom is 0.163 e. The van der Waals surface area contributed by atoms with Crippen LogP contribution >= 0.6 is 0 Å². The van der Waals surface area contributed by atoms with E-state index < -0.39 is 5.79 Å². The highest BCUT2D eigenvalue weighted by molar-refractivity contribution is 4.85. The van der Waals surface area contributed by atoms with Gasteiger partial charge in [-0.3, -0.25) is 0 Å². The summed E-state index contributed by atoms with van der Waals surface area (Å²) < 4.78 is 11.7. The Bertz CT molecular complexity index is 155. The largest absolute Gasteiger partial charge is 0.344 e. The highest BCUT2D eigenvalue weighted by Crippen LogP contribution is 2.35. The van der Waals surface area contributed by atoms with Crippen LogP contribution in [0.2, 0.25) is 0 Å². The van der Waals surface area contributed by atoms with Crippen molar-refractivity contribution >= 4 is 0 Å². The molecule has 2 heteroatoms. The van der Waals surface area contributed by atoms with Gasteiger partial charge in [0.25, 0.3) is 0 Å². The fourth-order valence-electron chi connectivity index (χ4n) is 1.85. The first kappa shape index (κ1) is 11.0. The molecular weight excluding hydrogens is 164 g/mol. The lowest BCUT2D eigenvalue weighted by Gasteiger charge is -2.22. The van der Waals surface area contributed by atoms with Gasteiger partial charge in [0.15, 0.2) is 5.79 Å². The van der Waals surface area contributed by atoms with Crippen molar-refractivity contribution in [3.8, 4) is 0 Å². The SMILES string of the molecule is CC(C)[C@H]1OC(C)(C)O[C@H]1C(C)C. The molecule has 1 rings (SSSR count). The van der Waals surface area contributed by atoms with Crippen molar-refractivity contribution in [2.24, 2.45) is 11.8 Å². The molecule has 0 aromatic rings. The summed E-state index contributed by atoms with van der Waals surface area (Å²) in [5, 5.41) is 0. The van der Waals surface area contributed by atoms with Crippen LogP contribution in [0.3, 0.4) is 0 Å². The monoisotopic (exact) mass is 186 g/mol. The standard InChI is InChI=1S/C11H22O2/c1-7(2)9-10(8(3)4)13-11(5,6)12-9/h7-10H,1-6H3/t9-,10+. The summed E-state index contributed by atoms with van der Waals surface area (Å²) in [7, 11) is 0. The van der Waals surface area contributed by atoms with Gasteiger partial charge in [0, 0.05) is 0 Å². The molecule has 0 spiro atoms. The first-order valence-corrected chi connectivity index (χ1v) is 5.19. The summed E-state index contributed by atoms with van der Waals surface area (Å²) in [6, 6.07) is 0. The minimum atomic E-state index is -0.399. The third-order valence-corrected chi connectivity index (χ3v) is 2.48. The Morgan fingerprint density at radius 2 is 1.15 bits per heavy atom. The third-order valence-electron chi connectivity index (χ3n) is 2.48. The lowest BCUT2D eigenvalue weighted by molar-refractivity contribution is -0.152. The van der Waals surface area contributed by atoms with E-state index in [4.69, 9.17) is 9.47 Å². The highest BCUT2D eigenvalue weighted by Gasteiger charge is 2.43. The molecule has 1 fully saturated rings. The van der Waals surface area contributed by atoms with Crippen LogP contribution in [-0.4, -0.2) is 18.0 Å². The minimum Gasteiger partial charge on any atom is -0.344 e. The van der Waals surface area contributed by atoms with Crippen molar-refractivity contribution in [1.82, 2.24) is 0 Å². The molecule has 13 heavy (non-hydrogen) atoms. The molecular formula is C11H22O2. The zero-order valence-corrected chi connectivity index (χ0v) is 9.63. The first-order chi connectivity index (χ1) is 5.83. The van der Waals surface area contributed by atoms with Gasteiger partial charge >= 0.3 is 0 Å². The van der Waals surface area contributed by atoms with Gasteiger partial charge in [-0.2, -0.15) is 0 Å². The number of hydrogen-bond acceptors (Lipinski definition) is 2. The summed E-state index contributed by atoms with van der Waals surface area (Å²) in [6.07, 6.45) is 0.491. The van der Waals surface area contributed by atoms with Gasteiger partial charge in [-0.25, -0.2) is 0 Å². The zero-order chi connectivity index (χ0) is 10.2. The van der Waals surface area contributed by atoms with Crippen molar-refractivity contribution < 1.29 is 9.47 Å². The van der Waals surface area contributed by atoms with Gasteiger partial charge in [-0.1, -0.05) is 27.7 Å². The fraction of sp³-hybridized carbons (Fsp3) is 1.00. The molecule has 78 valence electrons. The molecule has 0 N–H and O–H groups in total. The van der Waals surface area contributed by atoms with Crippen LogP contribution in [0.25, 0.3) is 0 Å². The normalized spacial score (nSPS) is 33.2. The van der Waals surface area contributed by atoms with Crippen LogP contribution in [0, 0.1) is 11.8 Å². The van der Waals surface area contributed by atoms with Crippen molar-refractivity contribution in [2.75, 3.05) is 0 Å². The van der Waals surface area contributed by atoms with E-state index >= 15 is 0 Å². The Kier molecular flexibility index (Phi) is 3.03. The van der Waals surface area contributed by atoms with Crippen molar-refractivity contribution in [3.05, 3.63) is 0 Å². The smallest absolute Gasteiger partial charge is 0.163 e. The molecule has 0 aromatic heterocycles. The Labute approximate surface area is 81.6 Å². The van der Waals surface area contributed by atoms with Crippen molar-refractivity contribution in [1.29, 1.82) is 0 Å². The van der Waals surface area contributed by atoms with Gasteiger partial charge in [0.2, 0.25) is 0 Å². The summed E-state index contributed by atoms with van der Waals surface area (Å²) in [5.74, 6) is 0.646. The van der Waals surface area contributed by atoms with Gasteiger partial charge in [0.05, 0.1) is 12.2 Å². The van der Waals surface area contributed by atoms with E-state index in [1.54, 1.807) is 0 Å². The molecule has 0 amide bonds. The van der Waals surface area contributed by atoms with Crippen LogP contribution in [0.5, 0.6) is 0 Å². The molecule has 2 atom stereocenters. The van der Waals surface area contributed by atoms with Gasteiger partial charge in [-0.05, 0) is 25.7 Å². The topological polar surface area (TPSA) is 18.5 Å². The maximum atomic E-state index is 5.86. The van der Waals surface area contributed by atoms with Crippen LogP contribution in [-0.2, 0) is 9.47 Å². The lowest BCUT2D eigenvalue weighted by Crippen LogP contribution is -2.31. The Morgan fingerprint density at radius 1 is 0.846 bits per heavy atom. The zero-order valence-electron chi connectivity index (χ0n) is 9.63. The number of hydrogen-bond donors (Lipinski definition) is 0. The molecule has 1 saturated heterocycles. The van der Waals surface area contributed by atoms with Gasteiger partial charge in [0.1, 0.15) is 0 Å². The van der Waals surface area contributed by atoms with Crippen molar-refractivity contribution in [3.63, 3.8) is 0 Å². The minimum absolute atomic E-state index is 0.245. The molecule has 0 radical (unpaired) electrons. The predicted octanol–water partition coefficient (Wildman–Crippen LogP) is 2.82. The molecule has 2 nitrogen and oxygen atoms in total. The Balaban J connectivity index is 2.71. The second-order valence-electron chi connectivity index (χ2n) is 5.05. The fourth-order valence-corrected chi connectivity index (χ4v) is 1.85. The van der Waals surface area contributed by atoms with Crippen LogP contribution < -0.4 is 0 Å². The average molecular weight is 186 g/mol. The summed E-state index contributed by atoms with van der Waals surface area (Å²) in [4.78, 5) is 0.